The lowest BCUT2D eigenvalue weighted by Crippen LogP contribution is -2.24. The number of anilines is 1. The Kier molecular flexibility index (Phi) is 5.34. The lowest BCUT2D eigenvalue weighted by atomic mass is 10.0. The maximum atomic E-state index is 12.4. The van der Waals surface area contributed by atoms with Gasteiger partial charge in [0.1, 0.15) is 0 Å². The number of rotatable bonds is 3. The molecule has 1 aliphatic rings. The standard InChI is InChI=1S/C15H15ClN2O2S.ClH/c16-13-2-1-3-14(9-13)18-21(19,20)15-5-4-11-6-7-17-10-12(11)8-15;/h1-5,8-9,17-18H,6-7,10H2;1H. The number of sulfonamides is 1. The minimum Gasteiger partial charge on any atom is -0.312 e. The van der Waals surface area contributed by atoms with E-state index in [2.05, 4.69) is 10.0 Å². The zero-order valence-electron chi connectivity index (χ0n) is 11.7. The van der Waals surface area contributed by atoms with Gasteiger partial charge >= 0.3 is 0 Å². The molecule has 0 fully saturated rings. The van der Waals surface area contributed by atoms with E-state index in [0.717, 1.165) is 18.5 Å². The molecular formula is C15H16Cl2N2O2S. The van der Waals surface area contributed by atoms with Crippen LogP contribution in [0.25, 0.3) is 0 Å². The SMILES string of the molecule is Cl.O=S(=O)(Nc1cccc(Cl)c1)c1ccc2c(c1)CNCC2. The van der Waals surface area contributed by atoms with Gasteiger partial charge in [-0.1, -0.05) is 23.7 Å². The summed E-state index contributed by atoms with van der Waals surface area (Å²) in [4.78, 5) is 0.268. The van der Waals surface area contributed by atoms with Gasteiger partial charge in [0.15, 0.2) is 0 Å². The number of hydrogen-bond donors (Lipinski definition) is 2. The molecule has 2 aromatic carbocycles. The first-order valence-electron chi connectivity index (χ1n) is 6.65. The molecule has 22 heavy (non-hydrogen) atoms. The van der Waals surface area contributed by atoms with Crippen molar-refractivity contribution in [2.24, 2.45) is 0 Å². The van der Waals surface area contributed by atoms with Crippen LogP contribution in [0.1, 0.15) is 11.1 Å². The van der Waals surface area contributed by atoms with E-state index in [1.54, 1.807) is 36.4 Å². The van der Waals surface area contributed by atoms with Crippen LogP contribution in [0, 0.1) is 0 Å². The topological polar surface area (TPSA) is 58.2 Å². The van der Waals surface area contributed by atoms with Gasteiger partial charge in [-0.3, -0.25) is 4.72 Å². The molecule has 118 valence electrons. The van der Waals surface area contributed by atoms with E-state index < -0.39 is 10.0 Å². The Balaban J connectivity index is 0.00000176. The third kappa shape index (κ3) is 3.73. The molecular weight excluding hydrogens is 343 g/mol. The van der Waals surface area contributed by atoms with Crippen molar-refractivity contribution < 1.29 is 8.42 Å². The predicted molar refractivity (Wildman–Crippen MR) is 91.4 cm³/mol. The Morgan fingerprint density at radius 2 is 1.91 bits per heavy atom. The highest BCUT2D eigenvalue weighted by atomic mass is 35.5. The zero-order valence-corrected chi connectivity index (χ0v) is 14.1. The van der Waals surface area contributed by atoms with E-state index in [1.807, 2.05) is 6.07 Å². The summed E-state index contributed by atoms with van der Waals surface area (Å²) >= 11 is 5.87. The molecule has 0 radical (unpaired) electrons. The molecule has 0 aromatic heterocycles. The molecule has 1 heterocycles. The van der Waals surface area contributed by atoms with Crippen LogP contribution in [0.2, 0.25) is 5.02 Å². The van der Waals surface area contributed by atoms with Crippen LogP contribution in [0.4, 0.5) is 5.69 Å². The summed E-state index contributed by atoms with van der Waals surface area (Å²) in [6.45, 7) is 1.63. The highest BCUT2D eigenvalue weighted by molar-refractivity contribution is 7.92. The van der Waals surface area contributed by atoms with Crippen molar-refractivity contribution >= 4 is 39.7 Å². The molecule has 2 N–H and O–H groups in total. The Morgan fingerprint density at radius 1 is 1.09 bits per heavy atom. The van der Waals surface area contributed by atoms with Crippen LogP contribution < -0.4 is 10.0 Å². The number of benzene rings is 2. The van der Waals surface area contributed by atoms with Gasteiger partial charge in [0.25, 0.3) is 10.0 Å². The van der Waals surface area contributed by atoms with Gasteiger partial charge in [0, 0.05) is 11.6 Å². The van der Waals surface area contributed by atoms with Gasteiger partial charge in [-0.2, -0.15) is 0 Å². The van der Waals surface area contributed by atoms with Gasteiger partial charge in [-0.25, -0.2) is 8.42 Å². The molecule has 0 unspecified atom stereocenters. The minimum absolute atomic E-state index is 0. The molecule has 0 amide bonds. The summed E-state index contributed by atoms with van der Waals surface area (Å²) in [6.07, 6.45) is 0.928. The van der Waals surface area contributed by atoms with E-state index in [0.29, 0.717) is 17.3 Å². The summed E-state index contributed by atoms with van der Waals surface area (Å²) < 4.78 is 27.4. The van der Waals surface area contributed by atoms with Crippen molar-refractivity contribution in [3.05, 3.63) is 58.6 Å². The Labute approximate surface area is 141 Å². The number of nitrogens with one attached hydrogen (secondary N) is 2. The van der Waals surface area contributed by atoms with Crippen LogP contribution in [-0.2, 0) is 23.0 Å². The van der Waals surface area contributed by atoms with E-state index in [1.165, 1.54) is 5.56 Å². The molecule has 2 aromatic rings. The fourth-order valence-corrected chi connectivity index (χ4v) is 3.68. The minimum atomic E-state index is -3.60. The first-order valence-corrected chi connectivity index (χ1v) is 8.52. The van der Waals surface area contributed by atoms with Gasteiger partial charge in [0.2, 0.25) is 0 Å². The molecule has 0 saturated heterocycles. The third-order valence-corrected chi connectivity index (χ3v) is 5.07. The first kappa shape index (κ1) is 17.1. The third-order valence-electron chi connectivity index (χ3n) is 3.45. The smallest absolute Gasteiger partial charge is 0.261 e. The molecule has 0 bridgehead atoms. The molecule has 0 saturated carbocycles. The fourth-order valence-electron chi connectivity index (χ4n) is 2.39. The zero-order chi connectivity index (χ0) is 14.9. The van der Waals surface area contributed by atoms with Crippen LogP contribution in [0.5, 0.6) is 0 Å². The molecule has 4 nitrogen and oxygen atoms in total. The van der Waals surface area contributed by atoms with Crippen molar-refractivity contribution in [1.29, 1.82) is 0 Å². The maximum Gasteiger partial charge on any atom is 0.261 e. The van der Waals surface area contributed by atoms with Gasteiger partial charge in [0.05, 0.1) is 10.6 Å². The summed E-state index contributed by atoms with van der Waals surface area (Å²) in [7, 11) is -3.60. The van der Waals surface area contributed by atoms with Crippen molar-refractivity contribution in [3.63, 3.8) is 0 Å². The second-order valence-corrected chi connectivity index (χ2v) is 7.09. The lowest BCUT2D eigenvalue weighted by molar-refractivity contribution is 0.599. The van der Waals surface area contributed by atoms with Crippen molar-refractivity contribution in [3.8, 4) is 0 Å². The Morgan fingerprint density at radius 3 is 2.68 bits per heavy atom. The molecule has 1 aliphatic heterocycles. The largest absolute Gasteiger partial charge is 0.312 e. The highest BCUT2D eigenvalue weighted by Gasteiger charge is 2.17. The lowest BCUT2D eigenvalue weighted by Gasteiger charge is -2.18. The Hall–Kier alpha value is -1.27. The molecule has 3 rings (SSSR count). The molecule has 7 heteroatoms. The summed E-state index contributed by atoms with van der Waals surface area (Å²) in [5, 5.41) is 3.73. The quantitative estimate of drug-likeness (QED) is 0.885. The van der Waals surface area contributed by atoms with Gasteiger partial charge in [-0.15, -0.1) is 12.4 Å². The summed E-state index contributed by atoms with van der Waals surface area (Å²) in [5.41, 5.74) is 2.70. The predicted octanol–water partition coefficient (Wildman–Crippen LogP) is 3.21. The number of fused-ring (bicyclic) bond motifs is 1. The van der Waals surface area contributed by atoms with Crippen LogP contribution >= 0.6 is 24.0 Å². The van der Waals surface area contributed by atoms with Crippen LogP contribution in [0.15, 0.2) is 47.4 Å². The average Bonchev–Trinajstić information content (AvgIpc) is 2.46. The van der Waals surface area contributed by atoms with Crippen molar-refractivity contribution in [1.82, 2.24) is 5.32 Å². The van der Waals surface area contributed by atoms with Crippen LogP contribution in [0.3, 0.4) is 0 Å². The van der Waals surface area contributed by atoms with Crippen molar-refractivity contribution in [2.45, 2.75) is 17.9 Å². The highest BCUT2D eigenvalue weighted by Crippen LogP contribution is 2.22. The normalized spacial score (nSPS) is 13.9. The number of hydrogen-bond acceptors (Lipinski definition) is 3. The van der Waals surface area contributed by atoms with E-state index in [4.69, 9.17) is 11.6 Å². The van der Waals surface area contributed by atoms with Gasteiger partial charge in [-0.05, 0) is 54.4 Å². The van der Waals surface area contributed by atoms with Gasteiger partial charge < -0.3 is 5.32 Å². The first-order chi connectivity index (χ1) is 10.0. The molecule has 0 aliphatic carbocycles. The maximum absolute atomic E-state index is 12.4. The second kappa shape index (κ2) is 6.87. The number of halogens is 2. The average molecular weight is 359 g/mol. The van der Waals surface area contributed by atoms with E-state index in [-0.39, 0.29) is 17.3 Å². The monoisotopic (exact) mass is 358 g/mol. The second-order valence-electron chi connectivity index (χ2n) is 4.97. The summed E-state index contributed by atoms with van der Waals surface area (Å²) in [6, 6.07) is 11.9. The fraction of sp³-hybridized carbons (Fsp3) is 0.200. The van der Waals surface area contributed by atoms with Crippen LogP contribution in [-0.4, -0.2) is 15.0 Å². The molecule has 0 spiro atoms. The van der Waals surface area contributed by atoms with E-state index in [9.17, 15) is 8.42 Å². The van der Waals surface area contributed by atoms with Crippen molar-refractivity contribution in [2.75, 3.05) is 11.3 Å². The molecule has 0 atom stereocenters. The van der Waals surface area contributed by atoms with E-state index >= 15 is 0 Å². The summed E-state index contributed by atoms with van der Waals surface area (Å²) in [5.74, 6) is 0. The Bertz CT molecular complexity index is 779.